The first-order chi connectivity index (χ1) is 22.0. The highest BCUT2D eigenvalue weighted by Gasteiger charge is 2.40. The number of aromatic nitrogens is 2. The van der Waals surface area contributed by atoms with Crippen molar-refractivity contribution >= 4 is 34.7 Å². The van der Waals surface area contributed by atoms with Gasteiger partial charge in [-0.25, -0.2) is 4.98 Å². The number of methoxy groups -OCH3 is 1. The molecule has 10 nitrogen and oxygen atoms in total. The number of alkyl halides is 3. The van der Waals surface area contributed by atoms with Crippen LogP contribution in [-0.2, 0) is 27.7 Å². The van der Waals surface area contributed by atoms with Crippen LogP contribution in [0.25, 0.3) is 0 Å². The van der Waals surface area contributed by atoms with E-state index in [9.17, 15) is 18.0 Å². The summed E-state index contributed by atoms with van der Waals surface area (Å²) in [4.78, 5) is 25.6. The number of hydrogen-bond acceptors (Lipinski definition) is 9. The van der Waals surface area contributed by atoms with Crippen molar-refractivity contribution in [1.29, 1.82) is 0 Å². The monoisotopic (exact) mass is 639 g/mol. The van der Waals surface area contributed by atoms with Crippen LogP contribution in [0.3, 0.4) is 0 Å². The summed E-state index contributed by atoms with van der Waals surface area (Å²) in [7, 11) is 1.55. The summed E-state index contributed by atoms with van der Waals surface area (Å²) in [6.07, 6.45) is -1.79. The number of ether oxygens (including phenoxy) is 2. The van der Waals surface area contributed by atoms with Crippen LogP contribution in [-0.4, -0.2) is 72.8 Å². The molecular formula is C33H40F3N7O3. The summed E-state index contributed by atoms with van der Waals surface area (Å²) < 4.78 is 53.2. The first-order valence-electron chi connectivity index (χ1n) is 15.6. The first-order valence-corrected chi connectivity index (χ1v) is 15.6. The van der Waals surface area contributed by atoms with Crippen molar-refractivity contribution in [3.8, 4) is 5.75 Å². The third-order valence-corrected chi connectivity index (χ3v) is 9.27. The number of carbonyl (C=O) groups excluding carboxylic acids is 1. The van der Waals surface area contributed by atoms with E-state index in [-0.39, 0.29) is 24.2 Å². The lowest BCUT2D eigenvalue weighted by Gasteiger charge is -2.45. The molecule has 3 N–H and O–H groups in total. The third kappa shape index (κ3) is 6.30. The fourth-order valence-corrected chi connectivity index (χ4v) is 6.81. The Bertz CT molecular complexity index is 1590. The van der Waals surface area contributed by atoms with Gasteiger partial charge in [-0.3, -0.25) is 9.69 Å². The van der Waals surface area contributed by atoms with Crippen LogP contribution in [0, 0.1) is 0 Å². The number of benzene rings is 2. The van der Waals surface area contributed by atoms with E-state index in [0.717, 1.165) is 63.1 Å². The summed E-state index contributed by atoms with van der Waals surface area (Å²) in [5, 5.41) is 8.75. The Morgan fingerprint density at radius 2 is 1.93 bits per heavy atom. The van der Waals surface area contributed by atoms with E-state index >= 15 is 0 Å². The van der Waals surface area contributed by atoms with E-state index in [4.69, 9.17) is 9.47 Å². The van der Waals surface area contributed by atoms with Gasteiger partial charge in [0.05, 0.1) is 18.2 Å². The summed E-state index contributed by atoms with van der Waals surface area (Å²) in [6.45, 7) is 10.2. The molecule has 46 heavy (non-hydrogen) atoms. The predicted molar refractivity (Wildman–Crippen MR) is 171 cm³/mol. The van der Waals surface area contributed by atoms with Crippen LogP contribution in [0.1, 0.15) is 50.3 Å². The molecule has 3 aromatic rings. The number of hydrogen-bond donors (Lipinski definition) is 3. The summed E-state index contributed by atoms with van der Waals surface area (Å²) in [6, 6.07) is 12.0. The maximum Gasteiger partial charge on any atom is 0.421 e. The van der Waals surface area contributed by atoms with Crippen molar-refractivity contribution in [2.24, 2.45) is 0 Å². The molecule has 0 aliphatic carbocycles. The molecule has 1 aromatic heterocycles. The van der Waals surface area contributed by atoms with Gasteiger partial charge in [0.1, 0.15) is 17.1 Å². The van der Waals surface area contributed by atoms with Gasteiger partial charge in [0, 0.05) is 75.1 Å². The molecule has 4 heterocycles. The largest absolute Gasteiger partial charge is 0.494 e. The van der Waals surface area contributed by atoms with Crippen molar-refractivity contribution < 1.29 is 27.4 Å². The normalized spacial score (nSPS) is 20.3. The molecule has 3 aliphatic rings. The molecule has 3 aliphatic heterocycles. The Hall–Kier alpha value is -4.10. The summed E-state index contributed by atoms with van der Waals surface area (Å²) in [5.74, 6) is -0.0270. The highest BCUT2D eigenvalue weighted by molar-refractivity contribution is 6.06. The molecule has 13 heteroatoms. The van der Waals surface area contributed by atoms with Gasteiger partial charge < -0.3 is 30.3 Å². The SMILES string of the molecule is COc1cc(N2CCN(C3CCOCC3)[C@H](C)C2)ccc1Nc1ncc(C(F)(F)F)c(NCc2cccc3c2C(C)(C)C(=O)N3)n1. The van der Waals surface area contributed by atoms with Gasteiger partial charge >= 0.3 is 6.18 Å². The maximum atomic E-state index is 14.0. The van der Waals surface area contributed by atoms with Crippen LogP contribution in [0.5, 0.6) is 5.75 Å². The number of amides is 1. The Kier molecular flexibility index (Phi) is 8.73. The van der Waals surface area contributed by atoms with Gasteiger partial charge in [-0.1, -0.05) is 12.1 Å². The van der Waals surface area contributed by atoms with Gasteiger partial charge in [0.2, 0.25) is 11.9 Å². The van der Waals surface area contributed by atoms with Crippen molar-refractivity contribution in [3.63, 3.8) is 0 Å². The molecule has 2 saturated heterocycles. The van der Waals surface area contributed by atoms with Crippen molar-refractivity contribution in [2.75, 3.05) is 60.8 Å². The Labute approximate surface area is 266 Å². The van der Waals surface area contributed by atoms with Gasteiger partial charge in [0.25, 0.3) is 0 Å². The van der Waals surface area contributed by atoms with Crippen LogP contribution >= 0.6 is 0 Å². The van der Waals surface area contributed by atoms with Crippen LogP contribution in [0.4, 0.5) is 42.0 Å². The van der Waals surface area contributed by atoms with Crippen LogP contribution < -0.4 is 25.6 Å². The molecule has 1 amide bonds. The number of carbonyl (C=O) groups is 1. The fraction of sp³-hybridized carbons (Fsp3) is 0.485. The van der Waals surface area contributed by atoms with Crippen molar-refractivity contribution in [3.05, 3.63) is 59.3 Å². The van der Waals surface area contributed by atoms with Gasteiger partial charge in [-0.2, -0.15) is 18.2 Å². The molecular weight excluding hydrogens is 599 g/mol. The minimum Gasteiger partial charge on any atom is -0.494 e. The number of halogens is 3. The zero-order valence-electron chi connectivity index (χ0n) is 26.5. The molecule has 0 bridgehead atoms. The number of anilines is 5. The number of fused-ring (bicyclic) bond motifs is 1. The average molecular weight is 640 g/mol. The van der Waals surface area contributed by atoms with E-state index < -0.39 is 17.2 Å². The Morgan fingerprint density at radius 3 is 2.65 bits per heavy atom. The molecule has 246 valence electrons. The molecule has 0 spiro atoms. The second-order valence-electron chi connectivity index (χ2n) is 12.6. The zero-order valence-corrected chi connectivity index (χ0v) is 26.5. The Balaban J connectivity index is 1.19. The fourth-order valence-electron chi connectivity index (χ4n) is 6.81. The highest BCUT2D eigenvalue weighted by atomic mass is 19.4. The summed E-state index contributed by atoms with van der Waals surface area (Å²) in [5.41, 5.74) is 1.82. The van der Waals surface area contributed by atoms with E-state index in [1.165, 1.54) is 0 Å². The minimum atomic E-state index is -4.68. The Morgan fingerprint density at radius 1 is 1.15 bits per heavy atom. The average Bonchev–Trinajstić information content (AvgIpc) is 3.27. The topological polar surface area (TPSA) is 104 Å². The van der Waals surface area contributed by atoms with E-state index in [0.29, 0.717) is 34.8 Å². The predicted octanol–water partition coefficient (Wildman–Crippen LogP) is 5.78. The molecule has 0 unspecified atom stereocenters. The first kappa shape index (κ1) is 31.9. The lowest BCUT2D eigenvalue weighted by Crippen LogP contribution is -2.56. The van der Waals surface area contributed by atoms with Crippen molar-refractivity contribution in [1.82, 2.24) is 14.9 Å². The molecule has 0 radical (unpaired) electrons. The maximum absolute atomic E-state index is 14.0. The highest BCUT2D eigenvalue weighted by Crippen LogP contribution is 2.41. The zero-order chi connectivity index (χ0) is 32.6. The quantitative estimate of drug-likeness (QED) is 0.283. The standard InChI is InChI=1S/C33H40F3N7O3/c1-20-19-42(12-13-43(20)22-10-14-46-15-11-22)23-8-9-25(27(16-23)45-4)40-31-38-18-24(33(34,35)36)29(41-31)37-17-21-6-5-7-26-28(21)32(2,3)30(44)39-26/h5-9,16,18,20,22H,10-15,17,19H2,1-4H3,(H,39,44)(H2,37,38,40,41)/t20-/m1/s1. The molecule has 2 fully saturated rings. The summed E-state index contributed by atoms with van der Waals surface area (Å²) >= 11 is 0. The molecule has 1 atom stereocenters. The van der Waals surface area contributed by atoms with Crippen LogP contribution in [0.2, 0.25) is 0 Å². The second-order valence-corrected chi connectivity index (χ2v) is 12.6. The van der Waals surface area contributed by atoms with Gasteiger partial charge in [-0.15, -0.1) is 0 Å². The third-order valence-electron chi connectivity index (χ3n) is 9.27. The number of nitrogens with one attached hydrogen (secondary N) is 3. The van der Waals surface area contributed by atoms with Gasteiger partial charge in [0.15, 0.2) is 0 Å². The van der Waals surface area contributed by atoms with Gasteiger partial charge in [-0.05, 0) is 62.9 Å². The van der Waals surface area contributed by atoms with Crippen molar-refractivity contribution in [2.45, 2.75) is 63.8 Å². The molecule has 2 aromatic carbocycles. The second kappa shape index (κ2) is 12.6. The number of rotatable bonds is 8. The van der Waals surface area contributed by atoms with E-state index in [1.54, 1.807) is 39.2 Å². The number of piperazine rings is 1. The lowest BCUT2D eigenvalue weighted by molar-refractivity contribution is -0.137. The smallest absolute Gasteiger partial charge is 0.421 e. The lowest BCUT2D eigenvalue weighted by atomic mass is 9.83. The molecule has 6 rings (SSSR count). The van der Waals surface area contributed by atoms with E-state index in [1.807, 2.05) is 18.2 Å². The van der Waals surface area contributed by atoms with E-state index in [2.05, 4.69) is 42.6 Å². The van der Waals surface area contributed by atoms with Crippen LogP contribution in [0.15, 0.2) is 42.6 Å². The minimum absolute atomic E-state index is 0.0179. The molecule has 0 saturated carbocycles. The number of nitrogens with zero attached hydrogens (tertiary/aromatic N) is 4.